The maximum atomic E-state index is 11.9. The van der Waals surface area contributed by atoms with Crippen molar-refractivity contribution in [3.8, 4) is 18.2 Å². The van der Waals surface area contributed by atoms with Gasteiger partial charge >= 0.3 is 0 Å². The zero-order chi connectivity index (χ0) is 23.5. The summed E-state index contributed by atoms with van der Waals surface area (Å²) in [5, 5.41) is 38.4. The number of nitriles is 3. The lowest BCUT2D eigenvalue weighted by molar-refractivity contribution is -0.134. The van der Waals surface area contributed by atoms with Crippen molar-refractivity contribution in [2.75, 3.05) is 30.3 Å². The van der Waals surface area contributed by atoms with Crippen molar-refractivity contribution in [2.45, 2.75) is 19.3 Å². The number of nitrogens with zero attached hydrogens (tertiary/aromatic N) is 8. The molecule has 4 rings (SSSR count). The first kappa shape index (κ1) is 21.8. The maximum absolute atomic E-state index is 11.9. The number of fused-ring (bicyclic) bond motifs is 1. The maximum Gasteiger partial charge on any atom is 0.247 e. The number of aromatic nitrogens is 4. The van der Waals surface area contributed by atoms with Crippen molar-refractivity contribution >= 4 is 40.6 Å². The van der Waals surface area contributed by atoms with Gasteiger partial charge in [-0.15, -0.1) is 5.10 Å². The zero-order valence-corrected chi connectivity index (χ0v) is 18.3. The molecule has 0 unspecified atom stereocenters. The van der Waals surface area contributed by atoms with Crippen molar-refractivity contribution < 1.29 is 4.79 Å². The molecule has 2 aromatic heterocycles. The fourth-order valence-electron chi connectivity index (χ4n) is 3.57. The summed E-state index contributed by atoms with van der Waals surface area (Å²) in [6, 6.07) is 9.29. The third-order valence-corrected chi connectivity index (χ3v) is 5.62. The number of rotatable bonds is 6. The van der Waals surface area contributed by atoms with Crippen LogP contribution in [0.3, 0.4) is 0 Å². The lowest BCUT2D eigenvalue weighted by atomic mass is 9.89. The van der Waals surface area contributed by atoms with E-state index in [1.54, 1.807) is 17.0 Å². The van der Waals surface area contributed by atoms with Gasteiger partial charge < -0.3 is 15.5 Å². The van der Waals surface area contributed by atoms with E-state index in [1.165, 1.54) is 10.7 Å². The van der Waals surface area contributed by atoms with Gasteiger partial charge in [-0.1, -0.05) is 11.6 Å². The molecule has 164 valence electrons. The first-order valence-corrected chi connectivity index (χ1v) is 10.4. The Morgan fingerprint density at radius 1 is 1.27 bits per heavy atom. The standard InChI is InChI=1S/C21H17ClN10O/c1-2-26-19-20-27-9-14(8-25)32(20)30-21(29-19)28-16-6-12(7-24)5-15(18(16)22)13-10-31(11-13)17(33)3-4-23/h5-6,9,13H,2-3,10-11H2,1H3,(H2,26,28,29,30). The van der Waals surface area contributed by atoms with Crippen LogP contribution in [0.4, 0.5) is 17.5 Å². The molecule has 1 aliphatic heterocycles. The van der Waals surface area contributed by atoms with Crippen LogP contribution in [-0.4, -0.2) is 50.0 Å². The minimum absolute atomic E-state index is 0.0615. The molecule has 0 saturated carbocycles. The highest BCUT2D eigenvalue weighted by molar-refractivity contribution is 6.34. The summed E-state index contributed by atoms with van der Waals surface area (Å²) in [7, 11) is 0. The lowest BCUT2D eigenvalue weighted by Crippen LogP contribution is -2.48. The van der Waals surface area contributed by atoms with Crippen LogP contribution in [0, 0.1) is 34.0 Å². The van der Waals surface area contributed by atoms with Gasteiger partial charge in [-0.2, -0.15) is 25.3 Å². The number of imidazole rings is 1. The molecule has 3 heterocycles. The Hall–Kier alpha value is -4.40. The second kappa shape index (κ2) is 8.99. The first-order chi connectivity index (χ1) is 16.0. The Labute approximate surface area is 193 Å². The van der Waals surface area contributed by atoms with Crippen LogP contribution in [-0.2, 0) is 4.79 Å². The van der Waals surface area contributed by atoms with E-state index in [2.05, 4.69) is 31.8 Å². The molecular formula is C21H17ClN10O. The predicted molar refractivity (Wildman–Crippen MR) is 119 cm³/mol. The number of carbonyl (C=O) groups excluding carboxylic acids is 1. The van der Waals surface area contributed by atoms with Crippen molar-refractivity contribution in [3.05, 3.63) is 40.2 Å². The molecule has 12 heteroatoms. The van der Waals surface area contributed by atoms with Gasteiger partial charge in [-0.05, 0) is 24.6 Å². The van der Waals surface area contributed by atoms with Gasteiger partial charge in [0.2, 0.25) is 11.9 Å². The van der Waals surface area contributed by atoms with Gasteiger partial charge in [0.15, 0.2) is 17.2 Å². The number of anilines is 3. The third-order valence-electron chi connectivity index (χ3n) is 5.20. The second-order valence-electron chi connectivity index (χ2n) is 7.30. The molecule has 0 atom stereocenters. The largest absolute Gasteiger partial charge is 0.367 e. The smallest absolute Gasteiger partial charge is 0.247 e. The predicted octanol–water partition coefficient (Wildman–Crippen LogP) is 2.54. The summed E-state index contributed by atoms with van der Waals surface area (Å²) >= 11 is 6.67. The zero-order valence-electron chi connectivity index (χ0n) is 17.5. The van der Waals surface area contributed by atoms with Crippen LogP contribution >= 0.6 is 11.6 Å². The third kappa shape index (κ3) is 4.08. The Balaban J connectivity index is 1.68. The number of benzene rings is 1. The molecule has 1 aromatic carbocycles. The van der Waals surface area contributed by atoms with Gasteiger partial charge in [0.1, 0.15) is 12.5 Å². The van der Waals surface area contributed by atoms with E-state index in [0.717, 1.165) is 0 Å². The Kier molecular flexibility index (Phi) is 5.95. The van der Waals surface area contributed by atoms with Crippen molar-refractivity contribution in [2.24, 2.45) is 0 Å². The Morgan fingerprint density at radius 2 is 2.06 bits per heavy atom. The number of amides is 1. The molecule has 1 aliphatic rings. The summed E-state index contributed by atoms with van der Waals surface area (Å²) in [5.41, 5.74) is 2.17. The number of likely N-dealkylation sites (tertiary alicyclic amines) is 1. The number of halogens is 1. The molecule has 3 aromatic rings. The van der Waals surface area contributed by atoms with Gasteiger partial charge in [0.25, 0.3) is 0 Å². The van der Waals surface area contributed by atoms with Crippen LogP contribution in [0.1, 0.15) is 36.1 Å². The summed E-state index contributed by atoms with van der Waals surface area (Å²) in [6.45, 7) is 3.32. The van der Waals surface area contributed by atoms with Gasteiger partial charge in [-0.25, -0.2) is 4.98 Å². The van der Waals surface area contributed by atoms with Crippen LogP contribution in [0.5, 0.6) is 0 Å². The monoisotopic (exact) mass is 460 g/mol. The van der Waals surface area contributed by atoms with Gasteiger partial charge in [0.05, 0.1) is 34.6 Å². The minimum Gasteiger partial charge on any atom is -0.367 e. The molecule has 0 spiro atoms. The molecule has 1 amide bonds. The molecule has 1 fully saturated rings. The molecule has 0 radical (unpaired) electrons. The van der Waals surface area contributed by atoms with Crippen LogP contribution in [0.25, 0.3) is 5.65 Å². The normalized spacial score (nSPS) is 13.0. The summed E-state index contributed by atoms with van der Waals surface area (Å²) in [4.78, 5) is 22.1. The topological polar surface area (TPSA) is 159 Å². The molecule has 11 nitrogen and oxygen atoms in total. The lowest BCUT2D eigenvalue weighted by Gasteiger charge is -2.39. The van der Waals surface area contributed by atoms with Crippen LogP contribution in [0.2, 0.25) is 5.02 Å². The first-order valence-electron chi connectivity index (χ1n) is 10.0. The van der Waals surface area contributed by atoms with Crippen molar-refractivity contribution in [1.29, 1.82) is 15.8 Å². The Morgan fingerprint density at radius 3 is 2.73 bits per heavy atom. The molecular weight excluding hydrogens is 444 g/mol. The van der Waals surface area contributed by atoms with Gasteiger partial charge in [-0.3, -0.25) is 4.79 Å². The fourth-order valence-corrected chi connectivity index (χ4v) is 3.89. The molecule has 0 bridgehead atoms. The van der Waals surface area contributed by atoms with Crippen LogP contribution < -0.4 is 10.6 Å². The fraction of sp³-hybridized carbons (Fsp3) is 0.286. The van der Waals surface area contributed by atoms with E-state index >= 15 is 0 Å². The van der Waals surface area contributed by atoms with Gasteiger partial charge in [0, 0.05) is 25.6 Å². The molecule has 0 aliphatic carbocycles. The summed E-state index contributed by atoms with van der Waals surface area (Å²) in [5.74, 6) is 0.310. The average Bonchev–Trinajstić information content (AvgIpc) is 3.18. The number of hydrogen-bond donors (Lipinski definition) is 2. The summed E-state index contributed by atoms with van der Waals surface area (Å²) in [6.07, 6.45) is 1.24. The van der Waals surface area contributed by atoms with E-state index in [-0.39, 0.29) is 29.9 Å². The number of carbonyl (C=O) groups is 1. The number of hydrogen-bond acceptors (Lipinski definition) is 9. The minimum atomic E-state index is -0.231. The molecule has 2 N–H and O–H groups in total. The second-order valence-corrected chi connectivity index (χ2v) is 7.68. The quantitative estimate of drug-likeness (QED) is 0.563. The number of nitrogens with one attached hydrogen (secondary N) is 2. The highest BCUT2D eigenvalue weighted by Gasteiger charge is 2.33. The summed E-state index contributed by atoms with van der Waals surface area (Å²) < 4.78 is 1.38. The average molecular weight is 461 g/mol. The van der Waals surface area contributed by atoms with E-state index in [0.29, 0.717) is 52.9 Å². The molecule has 1 saturated heterocycles. The van der Waals surface area contributed by atoms with E-state index in [4.69, 9.17) is 16.9 Å². The Bertz CT molecular complexity index is 1370. The van der Waals surface area contributed by atoms with Crippen molar-refractivity contribution in [3.63, 3.8) is 0 Å². The SMILES string of the molecule is CCNc1nc(Nc2cc(C#N)cc(C3CN(C(=O)CC#N)C3)c2Cl)nn2c(C#N)cnc12. The van der Waals surface area contributed by atoms with Crippen LogP contribution in [0.15, 0.2) is 18.3 Å². The van der Waals surface area contributed by atoms with Crippen molar-refractivity contribution in [1.82, 2.24) is 24.5 Å². The highest BCUT2D eigenvalue weighted by Crippen LogP contribution is 2.38. The molecule has 33 heavy (non-hydrogen) atoms. The highest BCUT2D eigenvalue weighted by atomic mass is 35.5. The van der Waals surface area contributed by atoms with E-state index in [9.17, 15) is 15.3 Å². The van der Waals surface area contributed by atoms with E-state index in [1.807, 2.05) is 19.1 Å². The van der Waals surface area contributed by atoms with E-state index < -0.39 is 0 Å².